The number of carbonyl (C=O) groups is 1. The molecule has 2 aromatic rings. The number of fused-ring (bicyclic) bond motifs is 2. The number of methoxy groups -OCH3 is 2. The fourth-order valence-corrected chi connectivity index (χ4v) is 6.28. The second-order valence-corrected chi connectivity index (χ2v) is 10.2. The van der Waals surface area contributed by atoms with Crippen molar-refractivity contribution in [3.05, 3.63) is 35.5 Å². The lowest BCUT2D eigenvalue weighted by molar-refractivity contribution is -0.173. The Morgan fingerprint density at radius 1 is 1.08 bits per heavy atom. The van der Waals surface area contributed by atoms with E-state index in [1.807, 2.05) is 4.90 Å². The first-order chi connectivity index (χ1) is 17.2. The van der Waals surface area contributed by atoms with E-state index < -0.39 is 18.3 Å². The number of anilines is 1. The monoisotopic (exact) mass is 506 g/mol. The van der Waals surface area contributed by atoms with Crippen LogP contribution in [0.25, 0.3) is 0 Å². The number of piperidine rings is 1. The summed E-state index contributed by atoms with van der Waals surface area (Å²) in [5.74, 6) is 1.86. The van der Waals surface area contributed by atoms with Crippen LogP contribution < -0.4 is 14.8 Å². The van der Waals surface area contributed by atoms with Gasteiger partial charge in [0.25, 0.3) is 5.91 Å². The van der Waals surface area contributed by atoms with Gasteiger partial charge < -0.3 is 19.7 Å². The maximum Gasteiger partial charge on any atom is 0.410 e. The van der Waals surface area contributed by atoms with Gasteiger partial charge in [-0.05, 0) is 48.8 Å². The molecule has 1 aliphatic carbocycles. The van der Waals surface area contributed by atoms with Gasteiger partial charge in [0.1, 0.15) is 5.82 Å². The summed E-state index contributed by atoms with van der Waals surface area (Å²) in [6, 6.07) is 4.21. The van der Waals surface area contributed by atoms with Gasteiger partial charge in [-0.15, -0.1) is 0 Å². The Balaban J connectivity index is 1.45. The van der Waals surface area contributed by atoms with Crippen LogP contribution in [0.4, 0.5) is 19.0 Å². The highest BCUT2D eigenvalue weighted by Gasteiger charge is 2.47. The fourth-order valence-electron chi connectivity index (χ4n) is 6.28. The number of amides is 1. The molecule has 7 nitrogen and oxygen atoms in total. The zero-order chi connectivity index (χ0) is 25.6. The average Bonchev–Trinajstić information content (AvgIpc) is 3.31. The molecule has 1 amide bonds. The smallest absolute Gasteiger partial charge is 0.410 e. The van der Waals surface area contributed by atoms with Crippen LogP contribution in [0.2, 0.25) is 0 Å². The molecule has 196 valence electrons. The normalized spacial score (nSPS) is 28.1. The summed E-state index contributed by atoms with van der Waals surface area (Å²) in [6.45, 7) is 2.86. The highest BCUT2D eigenvalue weighted by atomic mass is 19.4. The minimum absolute atomic E-state index is 0.0681. The van der Waals surface area contributed by atoms with E-state index in [2.05, 4.69) is 17.3 Å². The van der Waals surface area contributed by atoms with Crippen LogP contribution in [0, 0.1) is 11.8 Å². The molecule has 0 spiro atoms. The lowest BCUT2D eigenvalue weighted by Crippen LogP contribution is -2.52. The molecule has 36 heavy (non-hydrogen) atoms. The Hall–Kier alpha value is -2.91. The number of halogens is 3. The van der Waals surface area contributed by atoms with Crippen molar-refractivity contribution >= 4 is 11.7 Å². The molecular weight excluding hydrogens is 473 g/mol. The van der Waals surface area contributed by atoms with E-state index in [4.69, 9.17) is 9.47 Å². The van der Waals surface area contributed by atoms with Crippen molar-refractivity contribution in [3.63, 3.8) is 0 Å². The van der Waals surface area contributed by atoms with Gasteiger partial charge in [-0.2, -0.15) is 18.3 Å². The van der Waals surface area contributed by atoms with Crippen molar-refractivity contribution in [2.75, 3.05) is 26.1 Å². The number of benzene rings is 1. The van der Waals surface area contributed by atoms with E-state index in [9.17, 15) is 18.0 Å². The second kappa shape index (κ2) is 9.52. The fraction of sp³-hybridized carbons (Fsp3) is 0.615. The molecule has 1 aromatic heterocycles. The topological polar surface area (TPSA) is 68.6 Å². The SMILES string of the molecule is COc1ccc([C@H]2C[C@@H](C(F)(F)F)n3nc(C(=O)N4CC[C@@H](C)[C@H]5CCCC[C@H]54)cc3N2)cc1OC. The molecule has 0 unspecified atom stereocenters. The van der Waals surface area contributed by atoms with Gasteiger partial charge in [-0.25, -0.2) is 4.68 Å². The zero-order valence-corrected chi connectivity index (χ0v) is 20.8. The number of aromatic nitrogens is 2. The molecular formula is C26H33F3N4O3. The van der Waals surface area contributed by atoms with Crippen LogP contribution in [0.3, 0.4) is 0 Å². The Bertz CT molecular complexity index is 1120. The highest BCUT2D eigenvalue weighted by molar-refractivity contribution is 5.93. The third-order valence-corrected chi connectivity index (χ3v) is 8.22. The summed E-state index contributed by atoms with van der Waals surface area (Å²) in [7, 11) is 2.99. The van der Waals surface area contributed by atoms with Crippen LogP contribution in [-0.4, -0.2) is 53.6 Å². The second-order valence-electron chi connectivity index (χ2n) is 10.2. The number of likely N-dealkylation sites (tertiary alicyclic amines) is 1. The molecule has 5 atom stereocenters. The predicted octanol–water partition coefficient (Wildman–Crippen LogP) is 5.60. The summed E-state index contributed by atoms with van der Waals surface area (Å²) in [4.78, 5) is 15.4. The van der Waals surface area contributed by atoms with Crippen molar-refractivity contribution in [1.82, 2.24) is 14.7 Å². The minimum atomic E-state index is -4.52. The molecule has 2 fully saturated rings. The lowest BCUT2D eigenvalue weighted by Gasteiger charge is -2.47. The van der Waals surface area contributed by atoms with E-state index in [1.165, 1.54) is 26.7 Å². The Morgan fingerprint density at radius 3 is 2.56 bits per heavy atom. The molecule has 1 saturated carbocycles. The quantitative estimate of drug-likeness (QED) is 0.585. The first-order valence-corrected chi connectivity index (χ1v) is 12.7. The summed E-state index contributed by atoms with van der Waals surface area (Å²) in [5, 5.41) is 7.40. The molecule has 0 radical (unpaired) electrons. The largest absolute Gasteiger partial charge is 0.493 e. The van der Waals surface area contributed by atoms with Gasteiger partial charge in [0.15, 0.2) is 23.2 Å². The lowest BCUT2D eigenvalue weighted by atomic mass is 9.72. The maximum atomic E-state index is 14.2. The number of rotatable bonds is 4. The standard InChI is InChI=1S/C26H33F3N4O3/c1-15-10-11-32(20-7-5-4-6-17(15)20)25(34)19-14-24-30-18(13-23(26(27,28)29)33(24)31-19)16-8-9-21(35-2)22(12-16)36-3/h8-9,12,14-15,17-18,20,23,30H,4-7,10-11,13H2,1-3H3/t15-,17-,18-,20-,23+/m1/s1. The van der Waals surface area contributed by atoms with Crippen molar-refractivity contribution in [3.8, 4) is 11.5 Å². The van der Waals surface area contributed by atoms with Gasteiger partial charge in [0, 0.05) is 25.1 Å². The van der Waals surface area contributed by atoms with Crippen LogP contribution in [0.5, 0.6) is 11.5 Å². The van der Waals surface area contributed by atoms with Gasteiger partial charge in [-0.1, -0.05) is 25.8 Å². The summed E-state index contributed by atoms with van der Waals surface area (Å²) in [5.41, 5.74) is 0.705. The number of ether oxygens (including phenoxy) is 2. The summed E-state index contributed by atoms with van der Waals surface area (Å²) >= 11 is 0. The number of carbonyl (C=O) groups excluding carboxylic acids is 1. The van der Waals surface area contributed by atoms with Crippen molar-refractivity contribution < 1.29 is 27.4 Å². The first kappa shape index (κ1) is 24.8. The molecule has 10 heteroatoms. The van der Waals surface area contributed by atoms with Gasteiger partial charge in [-0.3, -0.25) is 4.79 Å². The third kappa shape index (κ3) is 4.39. The number of nitrogens with one attached hydrogen (secondary N) is 1. The van der Waals surface area contributed by atoms with Crippen molar-refractivity contribution in [2.45, 2.75) is 69.8 Å². The van der Waals surface area contributed by atoms with Gasteiger partial charge in [0.05, 0.1) is 20.3 Å². The number of alkyl halides is 3. The molecule has 0 bridgehead atoms. The molecule has 2 aliphatic heterocycles. The van der Waals surface area contributed by atoms with E-state index in [-0.39, 0.29) is 29.9 Å². The minimum Gasteiger partial charge on any atom is -0.493 e. The highest BCUT2D eigenvalue weighted by Crippen LogP contribution is 2.45. The van der Waals surface area contributed by atoms with E-state index in [0.717, 1.165) is 30.4 Å². The molecule has 1 saturated heterocycles. The van der Waals surface area contributed by atoms with E-state index in [1.54, 1.807) is 18.2 Å². The van der Waals surface area contributed by atoms with E-state index in [0.29, 0.717) is 35.4 Å². The van der Waals surface area contributed by atoms with Crippen molar-refractivity contribution in [1.29, 1.82) is 0 Å². The van der Waals surface area contributed by atoms with Crippen LogP contribution in [0.15, 0.2) is 24.3 Å². The summed E-state index contributed by atoms with van der Waals surface area (Å²) in [6.07, 6.45) is 0.410. The first-order valence-electron chi connectivity index (χ1n) is 12.7. The molecule has 1 N–H and O–H groups in total. The molecule has 5 rings (SSSR count). The molecule has 3 heterocycles. The van der Waals surface area contributed by atoms with Crippen LogP contribution >= 0.6 is 0 Å². The van der Waals surface area contributed by atoms with E-state index >= 15 is 0 Å². The van der Waals surface area contributed by atoms with Gasteiger partial charge in [0.2, 0.25) is 0 Å². The zero-order valence-electron chi connectivity index (χ0n) is 20.8. The maximum absolute atomic E-state index is 14.2. The predicted molar refractivity (Wildman–Crippen MR) is 128 cm³/mol. The average molecular weight is 507 g/mol. The molecule has 3 aliphatic rings. The van der Waals surface area contributed by atoms with Crippen molar-refractivity contribution in [2.24, 2.45) is 11.8 Å². The summed E-state index contributed by atoms with van der Waals surface area (Å²) < 4.78 is 54.1. The third-order valence-electron chi connectivity index (χ3n) is 8.22. The number of hydrogen-bond donors (Lipinski definition) is 1. The van der Waals surface area contributed by atoms with Crippen LogP contribution in [-0.2, 0) is 0 Å². The molecule has 1 aromatic carbocycles. The number of hydrogen-bond acceptors (Lipinski definition) is 5. The van der Waals surface area contributed by atoms with Crippen LogP contribution in [0.1, 0.15) is 73.6 Å². The Kier molecular flexibility index (Phi) is 6.55. The number of nitrogens with zero attached hydrogens (tertiary/aromatic N) is 3. The Morgan fingerprint density at radius 2 is 1.83 bits per heavy atom. The Labute approximate surface area is 208 Å². The van der Waals surface area contributed by atoms with Gasteiger partial charge >= 0.3 is 6.18 Å².